The van der Waals surface area contributed by atoms with Gasteiger partial charge in [-0.05, 0) is 31.2 Å². The van der Waals surface area contributed by atoms with Crippen molar-refractivity contribution in [1.82, 2.24) is 4.90 Å². The second-order valence-corrected chi connectivity index (χ2v) is 5.33. The fraction of sp³-hybridized carbons (Fsp3) is 0.467. The Morgan fingerprint density at radius 2 is 1.46 bits per heavy atom. The van der Waals surface area contributed by atoms with E-state index in [1.54, 1.807) is 0 Å². The van der Waals surface area contributed by atoms with Crippen LogP contribution in [0.3, 0.4) is 0 Å². The molecule has 0 N–H and O–H groups in total. The molecule has 26 heavy (non-hydrogen) atoms. The zero-order valence-corrected chi connectivity index (χ0v) is 13.7. The highest BCUT2D eigenvalue weighted by Gasteiger charge is 2.76. The van der Waals surface area contributed by atoms with Gasteiger partial charge in [0.1, 0.15) is 5.75 Å². The van der Waals surface area contributed by atoms with Crippen LogP contribution in [0.5, 0.6) is 5.75 Å². The summed E-state index contributed by atoms with van der Waals surface area (Å²) in [5.74, 6) is -16.1. The number of benzene rings is 1. The number of methoxy groups -OCH3 is 1. The first-order valence-electron chi connectivity index (χ1n) is 6.96. The van der Waals surface area contributed by atoms with Crippen molar-refractivity contribution in [3.8, 4) is 5.75 Å². The molecule has 0 aliphatic heterocycles. The number of likely N-dealkylation sites (N-methyl/N-ethyl adjacent to an activating group) is 1. The first kappa shape index (κ1) is 21.7. The van der Waals surface area contributed by atoms with Gasteiger partial charge in [-0.3, -0.25) is 9.59 Å². The number of nitrogens with zero attached hydrogens (tertiary/aromatic N) is 1. The minimum Gasteiger partial charge on any atom is -0.497 e. The Morgan fingerprint density at radius 1 is 1.00 bits per heavy atom. The Bertz CT molecular complexity index is 671. The summed E-state index contributed by atoms with van der Waals surface area (Å²) in [5, 5.41) is 0. The molecule has 1 aromatic rings. The van der Waals surface area contributed by atoms with Crippen LogP contribution in [-0.4, -0.2) is 54.8 Å². The van der Waals surface area contributed by atoms with Crippen LogP contribution in [0.15, 0.2) is 24.3 Å². The Kier molecular flexibility index (Phi) is 5.95. The number of halogens is 7. The number of carbonyl (C=O) groups is 2. The summed E-state index contributed by atoms with van der Waals surface area (Å²) in [6, 6.07) is 3.41. The number of alkyl halides is 7. The average Bonchev–Trinajstić information content (AvgIpc) is 2.57. The number of ether oxygens (including phenoxy) is 1. The van der Waals surface area contributed by atoms with Gasteiger partial charge in [0, 0.05) is 12.6 Å². The lowest BCUT2D eigenvalue weighted by atomic mass is 10.0. The number of amides is 1. The molecule has 0 heterocycles. The SMILES string of the molecule is COc1ccc(C(=O)C(C)N(C)C(=O)C(F)(F)C(F)(F)C(F)(F)F)cc1. The smallest absolute Gasteiger partial charge is 0.460 e. The molecule has 0 spiro atoms. The molecule has 0 radical (unpaired) electrons. The van der Waals surface area contributed by atoms with Gasteiger partial charge in [-0.2, -0.15) is 30.7 Å². The van der Waals surface area contributed by atoms with Crippen molar-refractivity contribution < 1.29 is 45.1 Å². The second kappa shape index (κ2) is 7.12. The van der Waals surface area contributed by atoms with Gasteiger partial charge in [0.05, 0.1) is 13.2 Å². The molecule has 0 aliphatic carbocycles. The summed E-state index contributed by atoms with van der Waals surface area (Å²) < 4.78 is 94.2. The number of ketones is 1. The van der Waals surface area contributed by atoms with E-state index in [4.69, 9.17) is 4.74 Å². The number of carbonyl (C=O) groups excluding carboxylic acids is 2. The average molecular weight is 389 g/mol. The molecule has 0 saturated carbocycles. The molecule has 0 fully saturated rings. The van der Waals surface area contributed by atoms with E-state index in [-0.39, 0.29) is 10.5 Å². The van der Waals surface area contributed by atoms with Gasteiger partial charge in [-0.15, -0.1) is 0 Å². The van der Waals surface area contributed by atoms with E-state index in [0.29, 0.717) is 12.8 Å². The molecule has 1 amide bonds. The van der Waals surface area contributed by atoms with E-state index in [2.05, 4.69) is 0 Å². The summed E-state index contributed by atoms with van der Waals surface area (Å²) in [6.07, 6.45) is -6.64. The van der Waals surface area contributed by atoms with Gasteiger partial charge in [0.2, 0.25) is 0 Å². The normalized spacial score (nSPS) is 13.9. The van der Waals surface area contributed by atoms with Crippen molar-refractivity contribution in [2.75, 3.05) is 14.2 Å². The molecule has 146 valence electrons. The monoisotopic (exact) mass is 389 g/mol. The lowest BCUT2D eigenvalue weighted by Crippen LogP contribution is -2.61. The largest absolute Gasteiger partial charge is 0.497 e. The van der Waals surface area contributed by atoms with Crippen molar-refractivity contribution in [3.05, 3.63) is 29.8 Å². The van der Waals surface area contributed by atoms with Gasteiger partial charge in [-0.1, -0.05) is 0 Å². The molecule has 0 saturated heterocycles. The van der Waals surface area contributed by atoms with Crippen molar-refractivity contribution in [1.29, 1.82) is 0 Å². The Balaban J connectivity index is 3.07. The van der Waals surface area contributed by atoms with E-state index < -0.39 is 35.8 Å². The van der Waals surface area contributed by atoms with Crippen LogP contribution < -0.4 is 4.74 Å². The molecule has 4 nitrogen and oxygen atoms in total. The van der Waals surface area contributed by atoms with Crippen molar-refractivity contribution >= 4 is 11.7 Å². The highest BCUT2D eigenvalue weighted by atomic mass is 19.4. The maximum atomic E-state index is 13.5. The summed E-state index contributed by atoms with van der Waals surface area (Å²) in [4.78, 5) is 23.6. The van der Waals surface area contributed by atoms with Gasteiger partial charge in [-0.25, -0.2) is 0 Å². The Hall–Kier alpha value is -2.33. The van der Waals surface area contributed by atoms with E-state index in [1.807, 2.05) is 0 Å². The highest BCUT2D eigenvalue weighted by Crippen LogP contribution is 2.47. The van der Waals surface area contributed by atoms with E-state index in [0.717, 1.165) is 6.92 Å². The summed E-state index contributed by atoms with van der Waals surface area (Å²) in [7, 11) is 1.88. The van der Waals surface area contributed by atoms with E-state index in [1.165, 1.54) is 31.4 Å². The summed E-state index contributed by atoms with van der Waals surface area (Å²) >= 11 is 0. The predicted octanol–water partition coefficient (Wildman–Crippen LogP) is 3.56. The zero-order chi connectivity index (χ0) is 20.5. The third-order valence-corrected chi connectivity index (χ3v) is 3.67. The van der Waals surface area contributed by atoms with Crippen LogP contribution in [-0.2, 0) is 4.79 Å². The third-order valence-electron chi connectivity index (χ3n) is 3.67. The minimum atomic E-state index is -6.64. The van der Waals surface area contributed by atoms with Crippen molar-refractivity contribution in [3.63, 3.8) is 0 Å². The second-order valence-electron chi connectivity index (χ2n) is 5.33. The fourth-order valence-electron chi connectivity index (χ4n) is 1.88. The summed E-state index contributed by atoms with van der Waals surface area (Å²) in [6.45, 7) is 0.923. The standard InChI is InChI=1S/C15H14F7NO3/c1-8(11(24)9-4-6-10(26-3)7-5-9)23(2)12(25)13(16,17)14(18,19)15(20,21)22/h4-8H,1-3H3. The minimum absolute atomic E-state index is 0.0798. The van der Waals surface area contributed by atoms with Crippen molar-refractivity contribution in [2.24, 2.45) is 0 Å². The van der Waals surface area contributed by atoms with Crippen LogP contribution in [0, 0.1) is 0 Å². The molecular formula is C15H14F7NO3. The van der Waals surface area contributed by atoms with Gasteiger partial charge in [0.15, 0.2) is 5.78 Å². The van der Waals surface area contributed by atoms with Crippen LogP contribution in [0.1, 0.15) is 17.3 Å². The van der Waals surface area contributed by atoms with Gasteiger partial charge in [0.25, 0.3) is 5.91 Å². The molecule has 1 rings (SSSR count). The maximum Gasteiger partial charge on any atom is 0.460 e. The van der Waals surface area contributed by atoms with Crippen LogP contribution in [0.25, 0.3) is 0 Å². The highest BCUT2D eigenvalue weighted by molar-refractivity contribution is 6.02. The molecule has 0 aliphatic rings. The first-order chi connectivity index (χ1) is 11.7. The van der Waals surface area contributed by atoms with Crippen LogP contribution in [0.4, 0.5) is 30.7 Å². The van der Waals surface area contributed by atoms with Crippen LogP contribution in [0.2, 0.25) is 0 Å². The topological polar surface area (TPSA) is 46.6 Å². The van der Waals surface area contributed by atoms with Gasteiger partial charge < -0.3 is 9.64 Å². The van der Waals surface area contributed by atoms with Gasteiger partial charge >= 0.3 is 18.0 Å². The summed E-state index contributed by atoms with van der Waals surface area (Å²) in [5.41, 5.74) is -0.0798. The zero-order valence-electron chi connectivity index (χ0n) is 13.7. The third kappa shape index (κ3) is 3.75. The predicted molar refractivity (Wildman–Crippen MR) is 75.5 cm³/mol. The molecule has 11 heteroatoms. The molecule has 1 aromatic carbocycles. The molecule has 1 atom stereocenters. The van der Waals surface area contributed by atoms with E-state index in [9.17, 15) is 40.3 Å². The van der Waals surface area contributed by atoms with Crippen LogP contribution >= 0.6 is 0 Å². The molecular weight excluding hydrogens is 375 g/mol. The fourth-order valence-corrected chi connectivity index (χ4v) is 1.88. The number of rotatable bonds is 6. The Morgan fingerprint density at radius 3 is 1.85 bits per heavy atom. The first-order valence-corrected chi connectivity index (χ1v) is 6.96. The molecule has 1 unspecified atom stereocenters. The number of hydrogen-bond acceptors (Lipinski definition) is 3. The van der Waals surface area contributed by atoms with Crippen molar-refractivity contribution in [2.45, 2.75) is 31.0 Å². The number of hydrogen-bond donors (Lipinski definition) is 0. The maximum absolute atomic E-state index is 13.5. The molecule has 0 bridgehead atoms. The Labute approximate surface area is 143 Å². The number of Topliss-reactive ketones (excluding diaryl/α,β-unsaturated/α-hetero) is 1. The lowest BCUT2D eigenvalue weighted by Gasteiger charge is -2.32. The quantitative estimate of drug-likeness (QED) is 0.552. The molecule has 0 aromatic heterocycles. The lowest BCUT2D eigenvalue weighted by molar-refractivity contribution is -0.345. The van der Waals surface area contributed by atoms with E-state index >= 15 is 0 Å².